The summed E-state index contributed by atoms with van der Waals surface area (Å²) in [5.41, 5.74) is 2.22. The molecule has 5 rings (SSSR count). The van der Waals surface area contributed by atoms with E-state index in [1.165, 1.54) is 11.0 Å². The van der Waals surface area contributed by atoms with Gasteiger partial charge in [0.1, 0.15) is 5.82 Å². The van der Waals surface area contributed by atoms with Crippen LogP contribution in [-0.2, 0) is 16.1 Å². The quantitative estimate of drug-likeness (QED) is 0.528. The molecule has 0 aromatic heterocycles. The molecule has 3 aromatic carbocycles. The van der Waals surface area contributed by atoms with Crippen LogP contribution >= 0.6 is 0 Å². The predicted octanol–water partition coefficient (Wildman–Crippen LogP) is 4.70. The first-order valence-corrected chi connectivity index (χ1v) is 11.6. The Balaban J connectivity index is 1.34. The zero-order chi connectivity index (χ0) is 24.2. The van der Waals surface area contributed by atoms with E-state index in [-0.39, 0.29) is 36.0 Å². The van der Waals surface area contributed by atoms with Crippen LogP contribution in [-0.4, -0.2) is 31.1 Å². The maximum absolute atomic E-state index is 14.3. The second-order valence-electron chi connectivity index (χ2n) is 8.53. The van der Waals surface area contributed by atoms with Gasteiger partial charge in [-0.2, -0.15) is 0 Å². The number of fused-ring (bicyclic) bond motifs is 1. The van der Waals surface area contributed by atoms with Gasteiger partial charge in [-0.15, -0.1) is 0 Å². The van der Waals surface area contributed by atoms with Gasteiger partial charge in [-0.3, -0.25) is 14.5 Å². The summed E-state index contributed by atoms with van der Waals surface area (Å²) in [4.78, 5) is 27.3. The van der Waals surface area contributed by atoms with Gasteiger partial charge in [-0.1, -0.05) is 42.5 Å². The van der Waals surface area contributed by atoms with Gasteiger partial charge in [0, 0.05) is 24.3 Å². The van der Waals surface area contributed by atoms with Gasteiger partial charge in [0.2, 0.25) is 0 Å². The Morgan fingerprint density at radius 3 is 2.60 bits per heavy atom. The Morgan fingerprint density at radius 1 is 1.06 bits per heavy atom. The molecule has 7 heteroatoms. The normalized spacial score (nSPS) is 18.3. The third kappa shape index (κ3) is 5.10. The Kier molecular flexibility index (Phi) is 6.59. The Bertz CT molecular complexity index is 1270. The lowest BCUT2D eigenvalue weighted by molar-refractivity contribution is -0.117. The fourth-order valence-electron chi connectivity index (χ4n) is 4.21. The van der Waals surface area contributed by atoms with Gasteiger partial charge in [0.15, 0.2) is 11.5 Å². The minimum absolute atomic E-state index is 0.0764. The molecule has 0 radical (unpaired) electrons. The molecule has 0 aliphatic carbocycles. The summed E-state index contributed by atoms with van der Waals surface area (Å²) in [6.45, 7) is 1.31. The number of rotatable bonds is 6. The van der Waals surface area contributed by atoms with Gasteiger partial charge >= 0.3 is 0 Å². The smallest absolute Gasteiger partial charge is 0.294 e. The van der Waals surface area contributed by atoms with Gasteiger partial charge in [0.25, 0.3) is 11.8 Å². The number of anilines is 1. The molecule has 2 aliphatic heterocycles. The molecule has 1 unspecified atom stereocenters. The van der Waals surface area contributed by atoms with E-state index < -0.39 is 0 Å². The third-order valence-electron chi connectivity index (χ3n) is 6.10. The number of ether oxygens (including phenoxy) is 2. The first-order chi connectivity index (χ1) is 17.1. The maximum Gasteiger partial charge on any atom is 0.294 e. The number of amides is 2. The summed E-state index contributed by atoms with van der Waals surface area (Å²) < 4.78 is 25.8. The molecule has 35 heavy (non-hydrogen) atoms. The van der Waals surface area contributed by atoms with E-state index in [2.05, 4.69) is 5.32 Å². The first kappa shape index (κ1) is 22.8. The van der Waals surface area contributed by atoms with Crippen molar-refractivity contribution in [3.63, 3.8) is 0 Å². The van der Waals surface area contributed by atoms with E-state index in [9.17, 15) is 14.0 Å². The van der Waals surface area contributed by atoms with Gasteiger partial charge in [-0.05, 0) is 54.8 Å². The molecular formula is C28H25FN2O4. The van der Waals surface area contributed by atoms with Crippen molar-refractivity contribution in [1.82, 2.24) is 5.32 Å². The largest absolute Gasteiger partial charge is 0.449 e. The van der Waals surface area contributed by atoms with Gasteiger partial charge in [-0.25, -0.2) is 4.39 Å². The lowest BCUT2D eigenvalue weighted by Crippen LogP contribution is -2.37. The van der Waals surface area contributed by atoms with Crippen LogP contribution in [0, 0.1) is 5.82 Å². The van der Waals surface area contributed by atoms with Crippen LogP contribution < -0.4 is 15.0 Å². The zero-order valence-corrected chi connectivity index (χ0v) is 19.1. The minimum atomic E-state index is -0.372. The number of nitrogens with zero attached hydrogens (tertiary/aromatic N) is 1. The van der Waals surface area contributed by atoms with Crippen LogP contribution in [0.25, 0.3) is 6.08 Å². The summed E-state index contributed by atoms with van der Waals surface area (Å²) >= 11 is 0. The average Bonchev–Trinajstić information content (AvgIpc) is 3.40. The second kappa shape index (κ2) is 10.1. The summed E-state index contributed by atoms with van der Waals surface area (Å²) in [7, 11) is 0. The predicted molar refractivity (Wildman–Crippen MR) is 130 cm³/mol. The molecule has 1 saturated heterocycles. The zero-order valence-electron chi connectivity index (χ0n) is 19.1. The third-order valence-corrected chi connectivity index (χ3v) is 6.10. The van der Waals surface area contributed by atoms with Crippen molar-refractivity contribution in [3.05, 3.63) is 101 Å². The number of nitrogens with one attached hydrogen (secondary N) is 1. The van der Waals surface area contributed by atoms with E-state index in [4.69, 9.17) is 9.47 Å². The van der Waals surface area contributed by atoms with Crippen molar-refractivity contribution in [1.29, 1.82) is 0 Å². The molecule has 2 aliphatic rings. The number of hydrogen-bond donors (Lipinski definition) is 1. The van der Waals surface area contributed by atoms with E-state index in [1.807, 2.05) is 6.07 Å². The lowest BCUT2D eigenvalue weighted by atomic mass is 10.1. The Hall–Kier alpha value is -3.97. The fourth-order valence-corrected chi connectivity index (χ4v) is 4.21. The number of carbonyl (C=O) groups excluding carboxylic acids is 2. The number of benzene rings is 3. The van der Waals surface area contributed by atoms with Crippen LogP contribution in [0.4, 0.5) is 10.1 Å². The molecule has 0 saturated carbocycles. The molecule has 178 valence electrons. The Morgan fingerprint density at radius 2 is 1.83 bits per heavy atom. The summed E-state index contributed by atoms with van der Waals surface area (Å²) in [5.74, 6) is -0.279. The molecule has 2 heterocycles. The molecule has 0 bridgehead atoms. The highest BCUT2D eigenvalue weighted by molar-refractivity contribution is 6.09. The number of carbonyl (C=O) groups is 2. The van der Waals surface area contributed by atoms with Crippen molar-refractivity contribution in [2.75, 3.05) is 18.1 Å². The van der Waals surface area contributed by atoms with Crippen LogP contribution in [0.1, 0.15) is 34.3 Å². The molecule has 2 amide bonds. The van der Waals surface area contributed by atoms with Crippen molar-refractivity contribution in [2.45, 2.75) is 25.5 Å². The van der Waals surface area contributed by atoms with Gasteiger partial charge < -0.3 is 14.8 Å². The van der Waals surface area contributed by atoms with Crippen molar-refractivity contribution >= 4 is 23.6 Å². The highest BCUT2D eigenvalue weighted by Crippen LogP contribution is 2.36. The average molecular weight is 473 g/mol. The summed E-state index contributed by atoms with van der Waals surface area (Å²) in [6, 6.07) is 20.5. The molecule has 3 aromatic rings. The molecule has 1 N–H and O–H groups in total. The maximum atomic E-state index is 14.3. The monoisotopic (exact) mass is 472 g/mol. The van der Waals surface area contributed by atoms with Crippen LogP contribution in [0.3, 0.4) is 0 Å². The standard InChI is InChI=1S/C28H25FN2O4/c29-23-8-2-1-6-21(23)18-31-24-9-3-4-10-25(24)35-26(28(31)33)16-19-11-13-20(14-12-19)27(32)30-17-22-7-5-15-34-22/h1-4,6,8-14,16,22H,5,7,15,17-18H2,(H,30,32)/b26-16-. The van der Waals surface area contributed by atoms with E-state index in [0.29, 0.717) is 34.7 Å². The van der Waals surface area contributed by atoms with Crippen molar-refractivity contribution < 1.29 is 23.5 Å². The van der Waals surface area contributed by atoms with E-state index >= 15 is 0 Å². The second-order valence-corrected chi connectivity index (χ2v) is 8.53. The number of halogens is 1. The highest BCUT2D eigenvalue weighted by atomic mass is 19.1. The first-order valence-electron chi connectivity index (χ1n) is 11.6. The highest BCUT2D eigenvalue weighted by Gasteiger charge is 2.30. The topological polar surface area (TPSA) is 67.9 Å². The van der Waals surface area contributed by atoms with Crippen molar-refractivity contribution in [3.8, 4) is 5.75 Å². The lowest BCUT2D eigenvalue weighted by Gasteiger charge is -2.30. The molecule has 1 atom stereocenters. The number of para-hydroxylation sites is 2. The van der Waals surface area contributed by atoms with E-state index in [0.717, 1.165) is 19.4 Å². The summed E-state index contributed by atoms with van der Waals surface area (Å²) in [6.07, 6.45) is 3.68. The minimum Gasteiger partial charge on any atom is -0.449 e. The van der Waals surface area contributed by atoms with Crippen LogP contribution in [0.2, 0.25) is 0 Å². The summed E-state index contributed by atoms with van der Waals surface area (Å²) in [5, 5.41) is 2.90. The molecule has 1 fully saturated rings. The van der Waals surface area contributed by atoms with Crippen LogP contribution in [0.5, 0.6) is 5.75 Å². The fraction of sp³-hybridized carbons (Fsp3) is 0.214. The molecule has 6 nitrogen and oxygen atoms in total. The van der Waals surface area contributed by atoms with Crippen molar-refractivity contribution in [2.24, 2.45) is 0 Å². The Labute approximate surface area is 203 Å². The SMILES string of the molecule is O=C(NCC1CCCO1)c1ccc(/C=C2\Oc3ccccc3N(Cc3ccccc3F)C2=O)cc1. The van der Waals surface area contributed by atoms with E-state index in [1.54, 1.807) is 66.7 Å². The van der Waals surface area contributed by atoms with Gasteiger partial charge in [0.05, 0.1) is 18.3 Å². The number of hydrogen-bond acceptors (Lipinski definition) is 4. The molecule has 0 spiro atoms. The van der Waals surface area contributed by atoms with Crippen LogP contribution in [0.15, 0.2) is 78.6 Å². The molecular weight excluding hydrogens is 447 g/mol.